The van der Waals surface area contributed by atoms with E-state index in [9.17, 15) is 19.7 Å². The minimum absolute atomic E-state index is 0.122. The van der Waals surface area contributed by atoms with Crippen molar-refractivity contribution in [1.82, 2.24) is 5.32 Å². The van der Waals surface area contributed by atoms with E-state index >= 15 is 0 Å². The largest absolute Gasteiger partial charge is 0.484 e. The molecule has 0 aliphatic rings. The van der Waals surface area contributed by atoms with Crippen LogP contribution in [0.5, 0.6) is 5.75 Å². The summed E-state index contributed by atoms with van der Waals surface area (Å²) in [7, 11) is 0. The van der Waals surface area contributed by atoms with Gasteiger partial charge in [0.15, 0.2) is 12.4 Å². The fourth-order valence-electron chi connectivity index (χ4n) is 2.22. The Hall–Kier alpha value is -3.22. The molecule has 0 fully saturated rings. The van der Waals surface area contributed by atoms with Crippen molar-refractivity contribution < 1.29 is 19.2 Å². The van der Waals surface area contributed by atoms with E-state index in [0.717, 1.165) is 5.56 Å². The Balaban J connectivity index is 1.92. The highest BCUT2D eigenvalue weighted by atomic mass is 16.6. The maximum atomic E-state index is 12.0. The number of nitrogens with zero attached hydrogens (tertiary/aromatic N) is 1. The van der Waals surface area contributed by atoms with Gasteiger partial charge in [-0.1, -0.05) is 36.4 Å². The number of nitro benzene ring substituents is 1. The minimum atomic E-state index is -0.649. The van der Waals surface area contributed by atoms with Crippen LogP contribution in [-0.2, 0) is 16.0 Å². The van der Waals surface area contributed by atoms with Gasteiger partial charge in [0.1, 0.15) is 5.75 Å². The molecule has 25 heavy (non-hydrogen) atoms. The van der Waals surface area contributed by atoms with Crippen molar-refractivity contribution in [3.05, 3.63) is 70.3 Å². The quantitative estimate of drug-likeness (QED) is 0.586. The normalized spacial score (nSPS) is 11.4. The Labute approximate surface area is 144 Å². The molecule has 0 aliphatic heterocycles. The second-order valence-corrected chi connectivity index (χ2v) is 5.46. The predicted octanol–water partition coefficient (Wildman–Crippen LogP) is 2.29. The summed E-state index contributed by atoms with van der Waals surface area (Å²) in [5, 5.41) is 13.3. The Morgan fingerprint density at radius 2 is 1.88 bits per heavy atom. The molecule has 0 saturated carbocycles. The zero-order chi connectivity index (χ0) is 18.2. The number of nitrogens with one attached hydrogen (secondary N) is 1. The van der Waals surface area contributed by atoms with Crippen LogP contribution in [0.4, 0.5) is 5.69 Å². The second-order valence-electron chi connectivity index (χ2n) is 5.46. The Morgan fingerprint density at radius 1 is 1.16 bits per heavy atom. The van der Waals surface area contributed by atoms with Crippen LogP contribution >= 0.6 is 0 Å². The summed E-state index contributed by atoms with van der Waals surface area (Å²) in [6.07, 6.45) is 0.388. The lowest BCUT2D eigenvalue weighted by Gasteiger charge is -2.16. The van der Waals surface area contributed by atoms with Crippen molar-refractivity contribution in [3.8, 4) is 5.75 Å². The number of rotatable bonds is 8. The zero-order valence-electron chi connectivity index (χ0n) is 13.7. The van der Waals surface area contributed by atoms with Gasteiger partial charge >= 0.3 is 0 Å². The Morgan fingerprint density at radius 3 is 2.52 bits per heavy atom. The maximum absolute atomic E-state index is 12.0. The monoisotopic (exact) mass is 342 g/mol. The summed E-state index contributed by atoms with van der Waals surface area (Å²) >= 11 is 0. The molecular weight excluding hydrogens is 324 g/mol. The van der Waals surface area contributed by atoms with E-state index in [4.69, 9.17) is 4.74 Å². The summed E-state index contributed by atoms with van der Waals surface area (Å²) in [6, 6.07) is 14.3. The number of hydrogen-bond donors (Lipinski definition) is 1. The first kappa shape index (κ1) is 18.1. The van der Waals surface area contributed by atoms with Gasteiger partial charge in [0, 0.05) is 6.07 Å². The third-order valence-electron chi connectivity index (χ3n) is 3.51. The molecule has 0 aromatic heterocycles. The topological polar surface area (TPSA) is 98.5 Å². The van der Waals surface area contributed by atoms with Gasteiger partial charge < -0.3 is 10.1 Å². The minimum Gasteiger partial charge on any atom is -0.484 e. The standard InChI is InChI=1S/C18H18N2O5/c1-13(21)17(10-14-6-3-2-4-7-14)19-18(22)12-25-16-9-5-8-15(11-16)20(23)24/h2-9,11,17H,10,12H2,1H3,(H,19,22). The molecule has 2 aromatic carbocycles. The average Bonchev–Trinajstić information content (AvgIpc) is 2.60. The summed E-state index contributed by atoms with van der Waals surface area (Å²) in [5.74, 6) is -0.415. The number of non-ortho nitro benzene ring substituents is 1. The zero-order valence-corrected chi connectivity index (χ0v) is 13.7. The van der Waals surface area contributed by atoms with E-state index in [1.807, 2.05) is 30.3 Å². The molecule has 0 radical (unpaired) electrons. The predicted molar refractivity (Wildman–Crippen MR) is 91.3 cm³/mol. The number of benzene rings is 2. The molecule has 0 saturated heterocycles. The van der Waals surface area contributed by atoms with Gasteiger partial charge in [-0.15, -0.1) is 0 Å². The van der Waals surface area contributed by atoms with E-state index in [-0.39, 0.29) is 23.8 Å². The van der Waals surface area contributed by atoms with Crippen LogP contribution in [0.25, 0.3) is 0 Å². The number of ether oxygens (including phenoxy) is 1. The second kappa shape index (κ2) is 8.58. The van der Waals surface area contributed by atoms with Gasteiger partial charge in [-0.05, 0) is 25.0 Å². The summed E-state index contributed by atoms with van der Waals surface area (Å²) in [5.41, 5.74) is 0.811. The first-order valence-electron chi connectivity index (χ1n) is 7.66. The van der Waals surface area contributed by atoms with Crippen LogP contribution < -0.4 is 10.1 Å². The van der Waals surface area contributed by atoms with Crippen LogP contribution in [0.3, 0.4) is 0 Å². The lowest BCUT2D eigenvalue weighted by molar-refractivity contribution is -0.384. The smallest absolute Gasteiger partial charge is 0.273 e. The molecule has 2 rings (SSSR count). The number of carbonyl (C=O) groups excluding carboxylic acids is 2. The highest BCUT2D eigenvalue weighted by Gasteiger charge is 2.18. The molecule has 0 bridgehead atoms. The lowest BCUT2D eigenvalue weighted by atomic mass is 10.0. The first-order chi connectivity index (χ1) is 12.0. The summed E-state index contributed by atoms with van der Waals surface area (Å²) < 4.78 is 5.26. The molecule has 1 unspecified atom stereocenters. The third kappa shape index (κ3) is 5.72. The molecule has 7 heteroatoms. The van der Waals surface area contributed by atoms with Crippen LogP contribution in [0.1, 0.15) is 12.5 Å². The first-order valence-corrected chi connectivity index (χ1v) is 7.66. The molecule has 1 amide bonds. The molecular formula is C18H18N2O5. The number of hydrogen-bond acceptors (Lipinski definition) is 5. The molecule has 1 N–H and O–H groups in total. The fourth-order valence-corrected chi connectivity index (χ4v) is 2.22. The Bertz CT molecular complexity index is 761. The van der Waals surface area contributed by atoms with E-state index in [0.29, 0.717) is 6.42 Å². The van der Waals surface area contributed by atoms with Gasteiger partial charge in [0.25, 0.3) is 11.6 Å². The van der Waals surface area contributed by atoms with Crippen molar-refractivity contribution in [2.24, 2.45) is 0 Å². The fraction of sp³-hybridized carbons (Fsp3) is 0.222. The molecule has 0 spiro atoms. The van der Waals surface area contributed by atoms with Gasteiger partial charge in [0.05, 0.1) is 17.0 Å². The molecule has 7 nitrogen and oxygen atoms in total. The highest BCUT2D eigenvalue weighted by molar-refractivity contribution is 5.88. The van der Waals surface area contributed by atoms with Crippen molar-refractivity contribution in [1.29, 1.82) is 0 Å². The van der Waals surface area contributed by atoms with E-state index in [1.165, 1.54) is 31.2 Å². The molecule has 0 heterocycles. The maximum Gasteiger partial charge on any atom is 0.273 e. The molecule has 2 aromatic rings. The number of Topliss-reactive ketones (excluding diaryl/α,β-unsaturated/α-hetero) is 1. The van der Waals surface area contributed by atoms with Crippen LogP contribution in [0.2, 0.25) is 0 Å². The SMILES string of the molecule is CC(=O)C(Cc1ccccc1)NC(=O)COc1cccc([N+](=O)[O-])c1. The van der Waals surface area contributed by atoms with E-state index in [2.05, 4.69) is 5.32 Å². The van der Waals surface area contributed by atoms with Gasteiger partial charge in [-0.25, -0.2) is 0 Å². The van der Waals surface area contributed by atoms with Crippen molar-refractivity contribution >= 4 is 17.4 Å². The molecule has 130 valence electrons. The number of carbonyl (C=O) groups is 2. The van der Waals surface area contributed by atoms with Crippen LogP contribution in [0.15, 0.2) is 54.6 Å². The van der Waals surface area contributed by atoms with Crippen LogP contribution in [-0.4, -0.2) is 29.3 Å². The molecule has 1 atom stereocenters. The average molecular weight is 342 g/mol. The third-order valence-corrected chi connectivity index (χ3v) is 3.51. The molecule has 0 aliphatic carbocycles. The van der Waals surface area contributed by atoms with Gasteiger partial charge in [-0.3, -0.25) is 19.7 Å². The van der Waals surface area contributed by atoms with Gasteiger partial charge in [-0.2, -0.15) is 0 Å². The number of amides is 1. The van der Waals surface area contributed by atoms with Crippen molar-refractivity contribution in [3.63, 3.8) is 0 Å². The van der Waals surface area contributed by atoms with Crippen LogP contribution in [0, 0.1) is 10.1 Å². The summed E-state index contributed by atoms with van der Waals surface area (Å²) in [6.45, 7) is 1.08. The van der Waals surface area contributed by atoms with Crippen molar-refractivity contribution in [2.75, 3.05) is 6.61 Å². The number of ketones is 1. The van der Waals surface area contributed by atoms with E-state index in [1.54, 1.807) is 0 Å². The number of nitro groups is 1. The summed E-state index contributed by atoms with van der Waals surface area (Å²) in [4.78, 5) is 33.9. The Kier molecular flexibility index (Phi) is 6.22. The highest BCUT2D eigenvalue weighted by Crippen LogP contribution is 2.18. The lowest BCUT2D eigenvalue weighted by Crippen LogP contribution is -2.43. The van der Waals surface area contributed by atoms with E-state index < -0.39 is 16.9 Å². The van der Waals surface area contributed by atoms with Gasteiger partial charge in [0.2, 0.25) is 0 Å². The van der Waals surface area contributed by atoms with Crippen molar-refractivity contribution in [2.45, 2.75) is 19.4 Å².